The minimum Gasteiger partial charge on any atom is -0.496 e. The number of nitriles is 1. The zero-order chi connectivity index (χ0) is 12.1. The first kappa shape index (κ1) is 12.3. The van der Waals surface area contributed by atoms with E-state index in [0.29, 0.717) is 5.56 Å². The molecule has 0 amide bonds. The molecule has 0 aliphatic rings. The molecule has 0 aromatic carbocycles. The van der Waals surface area contributed by atoms with Crippen LogP contribution in [0.25, 0.3) is 0 Å². The summed E-state index contributed by atoms with van der Waals surface area (Å²) in [5.41, 5.74) is 5.75. The van der Waals surface area contributed by atoms with Crippen LogP contribution in [0, 0.1) is 11.3 Å². The summed E-state index contributed by atoms with van der Waals surface area (Å²) >= 11 is 0. The molecule has 6 heteroatoms. The van der Waals surface area contributed by atoms with Gasteiger partial charge in [0, 0.05) is 18.2 Å². The molecule has 0 atom stereocenters. The number of ether oxygens (including phenoxy) is 1. The lowest BCUT2D eigenvalue weighted by Crippen LogP contribution is -2.09. The predicted octanol–water partition coefficient (Wildman–Crippen LogP) is 1.55. The van der Waals surface area contributed by atoms with Gasteiger partial charge in [0.15, 0.2) is 0 Å². The van der Waals surface area contributed by atoms with Gasteiger partial charge in [0.2, 0.25) is 0 Å². The first-order chi connectivity index (χ1) is 7.63. The van der Waals surface area contributed by atoms with Crippen LogP contribution in [-0.2, 0) is 13.0 Å². The van der Waals surface area contributed by atoms with Gasteiger partial charge in [-0.25, -0.2) is 13.8 Å². The van der Waals surface area contributed by atoms with Crippen LogP contribution in [0.2, 0.25) is 0 Å². The molecule has 1 aromatic heterocycles. The highest BCUT2D eigenvalue weighted by Gasteiger charge is 2.17. The summed E-state index contributed by atoms with van der Waals surface area (Å²) in [5.74, 6) is 0.229. The van der Waals surface area contributed by atoms with Crippen LogP contribution in [0.4, 0.5) is 8.78 Å². The van der Waals surface area contributed by atoms with Gasteiger partial charge in [-0.15, -0.1) is 0 Å². The Morgan fingerprint density at radius 3 is 2.75 bits per heavy atom. The van der Waals surface area contributed by atoms with E-state index in [4.69, 9.17) is 15.7 Å². The monoisotopic (exact) mass is 227 g/mol. The molecule has 2 N–H and O–H groups in total. The Kier molecular flexibility index (Phi) is 4.14. The Morgan fingerprint density at radius 2 is 2.31 bits per heavy atom. The van der Waals surface area contributed by atoms with Crippen LogP contribution < -0.4 is 10.5 Å². The standard InChI is InChI=1S/C10H11F2N3O/c1-16-9-4-7(10(11)12)15-8(5-14)6(9)2-3-13/h4,10H,2,5,14H2,1H3. The lowest BCUT2D eigenvalue weighted by Gasteiger charge is -2.12. The highest BCUT2D eigenvalue weighted by molar-refractivity contribution is 5.40. The van der Waals surface area contributed by atoms with E-state index in [-0.39, 0.29) is 30.1 Å². The molecule has 0 aliphatic carbocycles. The summed E-state index contributed by atoms with van der Waals surface area (Å²) in [5, 5.41) is 8.62. The van der Waals surface area contributed by atoms with Crippen molar-refractivity contribution in [3.8, 4) is 11.8 Å². The number of nitrogens with zero attached hydrogens (tertiary/aromatic N) is 2. The van der Waals surface area contributed by atoms with Gasteiger partial charge in [-0.2, -0.15) is 5.26 Å². The van der Waals surface area contributed by atoms with Crippen LogP contribution in [0.5, 0.6) is 5.75 Å². The maximum Gasteiger partial charge on any atom is 0.280 e. The van der Waals surface area contributed by atoms with E-state index in [9.17, 15) is 8.78 Å². The number of nitrogens with two attached hydrogens (primary N) is 1. The van der Waals surface area contributed by atoms with Gasteiger partial charge >= 0.3 is 0 Å². The molecule has 1 rings (SSSR count). The van der Waals surface area contributed by atoms with Crippen molar-refractivity contribution in [2.24, 2.45) is 5.73 Å². The number of hydrogen-bond donors (Lipinski definition) is 1. The van der Waals surface area contributed by atoms with Gasteiger partial charge in [-0.3, -0.25) is 0 Å². The van der Waals surface area contributed by atoms with Crippen LogP contribution in [-0.4, -0.2) is 12.1 Å². The molecule has 0 fully saturated rings. The fourth-order valence-electron chi connectivity index (χ4n) is 1.35. The van der Waals surface area contributed by atoms with E-state index < -0.39 is 6.43 Å². The van der Waals surface area contributed by atoms with Crippen molar-refractivity contribution in [2.45, 2.75) is 19.4 Å². The Bertz CT molecular complexity index is 390. The highest BCUT2D eigenvalue weighted by atomic mass is 19.3. The second-order valence-electron chi connectivity index (χ2n) is 3.01. The molecule has 1 heterocycles. The van der Waals surface area contributed by atoms with Gasteiger partial charge in [0.05, 0.1) is 25.3 Å². The zero-order valence-corrected chi connectivity index (χ0v) is 8.70. The van der Waals surface area contributed by atoms with Crippen molar-refractivity contribution in [3.05, 3.63) is 23.0 Å². The molecular weight excluding hydrogens is 216 g/mol. The minimum absolute atomic E-state index is 0.00602. The fraction of sp³-hybridized carbons (Fsp3) is 0.400. The van der Waals surface area contributed by atoms with E-state index in [1.165, 1.54) is 7.11 Å². The number of aromatic nitrogens is 1. The quantitative estimate of drug-likeness (QED) is 0.847. The second kappa shape index (κ2) is 5.37. The SMILES string of the molecule is COc1cc(C(F)F)nc(CN)c1CC#N. The molecular formula is C10H11F2N3O. The third-order valence-corrected chi connectivity index (χ3v) is 2.08. The maximum atomic E-state index is 12.5. The summed E-state index contributed by atoms with van der Waals surface area (Å²) in [4.78, 5) is 3.71. The molecule has 86 valence electrons. The van der Waals surface area contributed by atoms with E-state index >= 15 is 0 Å². The van der Waals surface area contributed by atoms with Gasteiger partial charge in [-0.1, -0.05) is 0 Å². The summed E-state index contributed by atoms with van der Waals surface area (Å²) in [6, 6.07) is 3.05. The molecule has 0 saturated carbocycles. The molecule has 0 bridgehead atoms. The summed E-state index contributed by atoms with van der Waals surface area (Å²) in [6.45, 7) is -0.00602. The summed E-state index contributed by atoms with van der Waals surface area (Å²) in [7, 11) is 1.35. The highest BCUT2D eigenvalue weighted by Crippen LogP contribution is 2.27. The molecule has 0 aliphatic heterocycles. The van der Waals surface area contributed by atoms with E-state index in [1.54, 1.807) is 0 Å². The van der Waals surface area contributed by atoms with E-state index in [2.05, 4.69) is 4.98 Å². The van der Waals surface area contributed by atoms with Gasteiger partial charge < -0.3 is 10.5 Å². The van der Waals surface area contributed by atoms with Crippen LogP contribution in [0.15, 0.2) is 6.07 Å². The van der Waals surface area contributed by atoms with Gasteiger partial charge in [0.25, 0.3) is 6.43 Å². The Hall–Kier alpha value is -1.74. The van der Waals surface area contributed by atoms with Crippen LogP contribution >= 0.6 is 0 Å². The average molecular weight is 227 g/mol. The van der Waals surface area contributed by atoms with Crippen LogP contribution in [0.3, 0.4) is 0 Å². The molecule has 16 heavy (non-hydrogen) atoms. The third-order valence-electron chi connectivity index (χ3n) is 2.08. The number of rotatable bonds is 4. The molecule has 4 nitrogen and oxygen atoms in total. The number of halogens is 2. The van der Waals surface area contributed by atoms with Crippen molar-refractivity contribution in [1.82, 2.24) is 4.98 Å². The Balaban J connectivity index is 3.32. The minimum atomic E-state index is -2.68. The lowest BCUT2D eigenvalue weighted by molar-refractivity contribution is 0.145. The molecule has 1 aromatic rings. The maximum absolute atomic E-state index is 12.5. The smallest absolute Gasteiger partial charge is 0.280 e. The normalized spacial score (nSPS) is 10.2. The average Bonchev–Trinajstić information content (AvgIpc) is 2.29. The Labute approximate surface area is 91.7 Å². The predicted molar refractivity (Wildman–Crippen MR) is 53.0 cm³/mol. The Morgan fingerprint density at radius 1 is 1.62 bits per heavy atom. The fourth-order valence-corrected chi connectivity index (χ4v) is 1.35. The third kappa shape index (κ3) is 2.44. The summed E-state index contributed by atoms with van der Waals surface area (Å²) in [6.07, 6.45) is -2.65. The van der Waals surface area contributed by atoms with Crippen molar-refractivity contribution in [2.75, 3.05) is 7.11 Å². The topological polar surface area (TPSA) is 71.9 Å². The molecule has 0 unspecified atom stereocenters. The van der Waals surface area contributed by atoms with Crippen molar-refractivity contribution in [3.63, 3.8) is 0 Å². The van der Waals surface area contributed by atoms with E-state index in [0.717, 1.165) is 6.07 Å². The van der Waals surface area contributed by atoms with Crippen molar-refractivity contribution in [1.29, 1.82) is 5.26 Å². The number of pyridine rings is 1. The number of alkyl halides is 2. The van der Waals surface area contributed by atoms with Crippen LogP contribution in [0.1, 0.15) is 23.4 Å². The van der Waals surface area contributed by atoms with Gasteiger partial charge in [0.1, 0.15) is 11.4 Å². The van der Waals surface area contributed by atoms with E-state index in [1.807, 2.05) is 6.07 Å². The zero-order valence-electron chi connectivity index (χ0n) is 8.70. The molecule has 0 saturated heterocycles. The van der Waals surface area contributed by atoms with Crippen molar-refractivity contribution >= 4 is 0 Å². The van der Waals surface area contributed by atoms with Gasteiger partial charge in [-0.05, 0) is 0 Å². The second-order valence-corrected chi connectivity index (χ2v) is 3.01. The number of hydrogen-bond acceptors (Lipinski definition) is 4. The first-order valence-electron chi connectivity index (χ1n) is 4.55. The molecule has 0 spiro atoms. The largest absolute Gasteiger partial charge is 0.496 e. The number of methoxy groups -OCH3 is 1. The summed E-state index contributed by atoms with van der Waals surface area (Å²) < 4.78 is 29.9. The molecule has 0 radical (unpaired) electrons. The lowest BCUT2D eigenvalue weighted by atomic mass is 10.1. The first-order valence-corrected chi connectivity index (χ1v) is 4.55. The van der Waals surface area contributed by atoms with Crippen molar-refractivity contribution < 1.29 is 13.5 Å².